The van der Waals surface area contributed by atoms with Crippen molar-refractivity contribution in [2.45, 2.75) is 24.0 Å². The number of carbonyl (C=O) groups excluding carboxylic acids is 1. The minimum atomic E-state index is -4.65. The molecule has 12 heteroatoms. The SMILES string of the molecule is CCS(=O)(=O)c1ccc(C(CO)NC(=O)c2ccc3nc(C(F)(F)F)[nH]c3c2)nc1. The summed E-state index contributed by atoms with van der Waals surface area (Å²) in [5.74, 6) is -1.93. The Morgan fingerprint density at radius 2 is 2.00 bits per heavy atom. The van der Waals surface area contributed by atoms with Gasteiger partial charge in [-0.2, -0.15) is 13.2 Å². The minimum absolute atomic E-state index is 0.0157. The third-order valence-corrected chi connectivity index (χ3v) is 6.08. The number of hydrogen-bond donors (Lipinski definition) is 3. The Balaban J connectivity index is 1.81. The summed E-state index contributed by atoms with van der Waals surface area (Å²) >= 11 is 0. The fourth-order valence-corrected chi connectivity index (χ4v) is 3.51. The summed E-state index contributed by atoms with van der Waals surface area (Å²) in [6.45, 7) is 0.970. The van der Waals surface area contributed by atoms with Crippen LogP contribution in [0, 0.1) is 0 Å². The molecule has 30 heavy (non-hydrogen) atoms. The Bertz CT molecular complexity index is 1170. The molecule has 0 aliphatic carbocycles. The van der Waals surface area contributed by atoms with Gasteiger partial charge in [-0.3, -0.25) is 9.78 Å². The summed E-state index contributed by atoms with van der Waals surface area (Å²) in [5.41, 5.74) is 0.348. The number of pyridine rings is 1. The van der Waals surface area contributed by atoms with E-state index in [-0.39, 0.29) is 32.9 Å². The molecule has 0 aliphatic heterocycles. The van der Waals surface area contributed by atoms with Crippen molar-refractivity contribution in [1.82, 2.24) is 20.3 Å². The molecule has 0 radical (unpaired) electrons. The molecular weight excluding hydrogens is 425 g/mol. The van der Waals surface area contributed by atoms with Gasteiger partial charge in [-0.25, -0.2) is 13.4 Å². The lowest BCUT2D eigenvalue weighted by Crippen LogP contribution is -2.31. The number of imidazole rings is 1. The normalized spacial score (nSPS) is 13.4. The van der Waals surface area contributed by atoms with Gasteiger partial charge >= 0.3 is 6.18 Å². The van der Waals surface area contributed by atoms with E-state index in [9.17, 15) is 31.5 Å². The molecule has 2 aromatic heterocycles. The number of aromatic amines is 1. The number of H-pyrrole nitrogens is 1. The average molecular weight is 442 g/mol. The third-order valence-electron chi connectivity index (χ3n) is 4.36. The van der Waals surface area contributed by atoms with Crippen LogP contribution < -0.4 is 5.32 Å². The fraction of sp³-hybridized carbons (Fsp3) is 0.278. The van der Waals surface area contributed by atoms with E-state index < -0.39 is 40.4 Å². The van der Waals surface area contributed by atoms with Gasteiger partial charge in [0.2, 0.25) is 5.82 Å². The summed E-state index contributed by atoms with van der Waals surface area (Å²) < 4.78 is 62.0. The molecule has 3 aromatic rings. The van der Waals surface area contributed by atoms with Crippen molar-refractivity contribution in [3.63, 3.8) is 0 Å². The highest BCUT2D eigenvalue weighted by molar-refractivity contribution is 7.91. The Labute approximate surface area is 169 Å². The molecule has 0 fully saturated rings. The number of benzene rings is 1. The first-order valence-electron chi connectivity index (χ1n) is 8.72. The van der Waals surface area contributed by atoms with Crippen LogP contribution in [-0.4, -0.2) is 46.7 Å². The highest BCUT2D eigenvalue weighted by Crippen LogP contribution is 2.28. The van der Waals surface area contributed by atoms with E-state index in [1.54, 1.807) is 0 Å². The van der Waals surface area contributed by atoms with Crippen LogP contribution in [0.3, 0.4) is 0 Å². The van der Waals surface area contributed by atoms with Gasteiger partial charge in [0.1, 0.15) is 0 Å². The van der Waals surface area contributed by atoms with Crippen LogP contribution in [0.4, 0.5) is 13.2 Å². The van der Waals surface area contributed by atoms with Crippen molar-refractivity contribution >= 4 is 26.8 Å². The molecule has 0 saturated carbocycles. The van der Waals surface area contributed by atoms with Crippen LogP contribution in [0.15, 0.2) is 41.4 Å². The number of nitrogens with zero attached hydrogens (tertiary/aromatic N) is 2. The number of fused-ring (bicyclic) bond motifs is 1. The number of aromatic nitrogens is 3. The number of sulfone groups is 1. The molecule has 0 saturated heterocycles. The number of amides is 1. The van der Waals surface area contributed by atoms with Crippen molar-refractivity contribution in [1.29, 1.82) is 0 Å². The average Bonchev–Trinajstić information content (AvgIpc) is 3.16. The van der Waals surface area contributed by atoms with Crippen molar-refractivity contribution in [3.8, 4) is 0 Å². The lowest BCUT2D eigenvalue weighted by Gasteiger charge is -2.16. The zero-order valence-corrected chi connectivity index (χ0v) is 16.4. The smallest absolute Gasteiger partial charge is 0.394 e. The first kappa shape index (κ1) is 21.7. The third kappa shape index (κ3) is 4.44. The van der Waals surface area contributed by atoms with Crippen LogP contribution in [0.5, 0.6) is 0 Å². The molecule has 160 valence electrons. The highest BCUT2D eigenvalue weighted by atomic mass is 32.2. The van der Waals surface area contributed by atoms with Gasteiger partial charge < -0.3 is 15.4 Å². The molecule has 1 aromatic carbocycles. The summed E-state index contributed by atoms with van der Waals surface area (Å²) in [5, 5.41) is 12.1. The quantitative estimate of drug-likeness (QED) is 0.538. The Morgan fingerprint density at radius 3 is 2.57 bits per heavy atom. The summed E-state index contributed by atoms with van der Waals surface area (Å²) in [7, 11) is -3.44. The predicted octanol–water partition coefficient (Wildman–Crippen LogP) is 2.23. The molecule has 3 N–H and O–H groups in total. The number of aliphatic hydroxyl groups excluding tert-OH is 1. The van der Waals surface area contributed by atoms with E-state index in [0.29, 0.717) is 0 Å². The maximum Gasteiger partial charge on any atom is 0.449 e. The molecular formula is C18H17F3N4O4S. The molecule has 1 unspecified atom stereocenters. The van der Waals surface area contributed by atoms with Crippen LogP contribution in [0.25, 0.3) is 11.0 Å². The Hall–Kier alpha value is -2.99. The predicted molar refractivity (Wildman–Crippen MR) is 100 cm³/mol. The standard InChI is InChI=1S/C18H17F3N4O4S/c1-2-30(28,29)11-4-6-12(22-8-11)15(9-26)23-16(27)10-3-5-13-14(7-10)25-17(24-13)18(19,20)21/h3-8,15,26H,2,9H2,1H3,(H,23,27)(H,24,25). The van der Waals surface area contributed by atoms with Gasteiger partial charge in [0, 0.05) is 11.8 Å². The number of rotatable bonds is 6. The van der Waals surface area contributed by atoms with E-state index >= 15 is 0 Å². The number of aliphatic hydroxyl groups is 1. The van der Waals surface area contributed by atoms with E-state index in [1.807, 2.05) is 0 Å². The number of alkyl halides is 3. The van der Waals surface area contributed by atoms with Gasteiger partial charge in [-0.1, -0.05) is 6.92 Å². The van der Waals surface area contributed by atoms with Crippen LogP contribution >= 0.6 is 0 Å². The first-order valence-corrected chi connectivity index (χ1v) is 10.4. The zero-order chi connectivity index (χ0) is 22.1. The maximum atomic E-state index is 12.8. The molecule has 8 nitrogen and oxygen atoms in total. The van der Waals surface area contributed by atoms with Crippen molar-refractivity contribution in [2.24, 2.45) is 0 Å². The fourth-order valence-electron chi connectivity index (χ4n) is 2.69. The van der Waals surface area contributed by atoms with Crippen LogP contribution in [0.2, 0.25) is 0 Å². The first-order chi connectivity index (χ1) is 14.0. The lowest BCUT2D eigenvalue weighted by atomic mass is 10.1. The van der Waals surface area contributed by atoms with E-state index in [1.165, 1.54) is 37.3 Å². The second-order valence-electron chi connectivity index (χ2n) is 6.35. The summed E-state index contributed by atoms with van der Waals surface area (Å²) in [6.07, 6.45) is -3.51. The Kier molecular flexibility index (Phi) is 5.81. The minimum Gasteiger partial charge on any atom is -0.394 e. The number of nitrogens with one attached hydrogen (secondary N) is 2. The number of hydrogen-bond acceptors (Lipinski definition) is 6. The Morgan fingerprint density at radius 1 is 1.27 bits per heavy atom. The van der Waals surface area contributed by atoms with E-state index in [0.717, 1.165) is 6.20 Å². The lowest BCUT2D eigenvalue weighted by molar-refractivity contribution is -0.144. The second-order valence-corrected chi connectivity index (χ2v) is 8.62. The van der Waals surface area contributed by atoms with Crippen molar-refractivity contribution in [3.05, 3.63) is 53.6 Å². The number of carbonyl (C=O) groups is 1. The summed E-state index contributed by atoms with van der Waals surface area (Å²) in [6, 6.07) is 5.54. The molecule has 1 atom stereocenters. The monoisotopic (exact) mass is 442 g/mol. The molecule has 0 bridgehead atoms. The van der Waals surface area contributed by atoms with Gasteiger partial charge in [-0.05, 0) is 30.3 Å². The van der Waals surface area contributed by atoms with Crippen LogP contribution in [-0.2, 0) is 16.0 Å². The number of halogens is 3. The molecule has 0 spiro atoms. The van der Waals surface area contributed by atoms with Gasteiger partial charge in [0.25, 0.3) is 5.91 Å². The van der Waals surface area contributed by atoms with E-state index in [4.69, 9.17) is 0 Å². The maximum absolute atomic E-state index is 12.8. The molecule has 1 amide bonds. The van der Waals surface area contributed by atoms with E-state index in [2.05, 4.69) is 20.3 Å². The largest absolute Gasteiger partial charge is 0.449 e. The zero-order valence-electron chi connectivity index (χ0n) is 15.6. The topological polar surface area (TPSA) is 125 Å². The van der Waals surface area contributed by atoms with Gasteiger partial charge in [0.15, 0.2) is 9.84 Å². The van der Waals surface area contributed by atoms with Gasteiger partial charge in [0.05, 0.1) is 40.0 Å². The molecule has 3 rings (SSSR count). The van der Waals surface area contributed by atoms with Gasteiger partial charge in [-0.15, -0.1) is 0 Å². The molecule has 0 aliphatic rings. The van der Waals surface area contributed by atoms with Crippen molar-refractivity contribution in [2.75, 3.05) is 12.4 Å². The van der Waals surface area contributed by atoms with Crippen molar-refractivity contribution < 1.29 is 31.5 Å². The van der Waals surface area contributed by atoms with Crippen LogP contribution in [0.1, 0.15) is 34.8 Å². The second kappa shape index (κ2) is 8.03. The highest BCUT2D eigenvalue weighted by Gasteiger charge is 2.34. The summed E-state index contributed by atoms with van der Waals surface area (Å²) in [4.78, 5) is 22.1. The molecule has 2 heterocycles.